The van der Waals surface area contributed by atoms with Gasteiger partial charge in [-0.15, -0.1) is 0 Å². The van der Waals surface area contributed by atoms with E-state index in [0.29, 0.717) is 36.5 Å². The van der Waals surface area contributed by atoms with Crippen molar-refractivity contribution in [3.63, 3.8) is 0 Å². The van der Waals surface area contributed by atoms with Crippen LogP contribution in [-0.4, -0.2) is 54.1 Å². The molecule has 1 fully saturated rings. The third-order valence-corrected chi connectivity index (χ3v) is 5.85. The number of carbonyl (C=O) groups excluding carboxylic acids is 2. The second kappa shape index (κ2) is 8.58. The van der Waals surface area contributed by atoms with Crippen LogP contribution < -0.4 is 10.5 Å². The zero-order chi connectivity index (χ0) is 22.1. The Kier molecular flexibility index (Phi) is 5.86. The lowest BCUT2D eigenvalue weighted by atomic mass is 10.1. The first-order chi connectivity index (χ1) is 14.9. The molecular formula is C22H22BrN3O5. The predicted molar refractivity (Wildman–Crippen MR) is 120 cm³/mol. The number of ether oxygens (including phenoxy) is 1. The number of para-hydroxylation sites is 1. The number of furan rings is 1. The normalized spacial score (nSPS) is 14.2. The number of nitrogens with zero attached hydrogens (tertiary/aromatic N) is 3. The summed E-state index contributed by atoms with van der Waals surface area (Å²) < 4.78 is 12.6. The number of aromatic nitrogens is 1. The fraction of sp³-hybridized carbons (Fsp3) is 0.318. The van der Waals surface area contributed by atoms with Gasteiger partial charge in [0.05, 0.1) is 17.8 Å². The molecule has 3 aromatic rings. The highest BCUT2D eigenvalue weighted by molar-refractivity contribution is 9.10. The van der Waals surface area contributed by atoms with E-state index in [1.165, 1.54) is 4.57 Å². The number of benzene rings is 1. The molecule has 1 amide bonds. The minimum atomic E-state index is -0.636. The molecule has 0 radical (unpaired) electrons. The monoisotopic (exact) mass is 487 g/mol. The number of pyridine rings is 1. The Morgan fingerprint density at radius 3 is 2.45 bits per heavy atom. The van der Waals surface area contributed by atoms with Gasteiger partial charge in [0, 0.05) is 38.6 Å². The van der Waals surface area contributed by atoms with Gasteiger partial charge in [0.15, 0.2) is 10.4 Å². The van der Waals surface area contributed by atoms with E-state index in [-0.39, 0.29) is 23.8 Å². The molecule has 1 aromatic carbocycles. The number of hydrogen-bond donors (Lipinski definition) is 0. The molecule has 2 aromatic heterocycles. The SMILES string of the molecule is CCOC(=O)c1c(N2CCN(C(=O)c3ccc(Br)o3)CC2)c2ccccc2n(C)c1=O. The number of anilines is 1. The molecule has 1 aliphatic heterocycles. The number of fused-ring (bicyclic) bond motifs is 1. The van der Waals surface area contributed by atoms with Gasteiger partial charge < -0.3 is 23.5 Å². The summed E-state index contributed by atoms with van der Waals surface area (Å²) in [5, 5.41) is 0.794. The second-order valence-electron chi connectivity index (χ2n) is 7.21. The molecule has 0 aliphatic carbocycles. The van der Waals surface area contributed by atoms with Crippen LogP contribution in [0.25, 0.3) is 10.9 Å². The van der Waals surface area contributed by atoms with Crippen molar-refractivity contribution >= 4 is 44.4 Å². The van der Waals surface area contributed by atoms with Crippen LogP contribution in [0.2, 0.25) is 0 Å². The van der Waals surface area contributed by atoms with Crippen LogP contribution in [0.15, 0.2) is 50.3 Å². The Hall–Kier alpha value is -3.07. The van der Waals surface area contributed by atoms with Crippen LogP contribution in [0, 0.1) is 0 Å². The summed E-state index contributed by atoms with van der Waals surface area (Å²) in [7, 11) is 1.65. The second-order valence-corrected chi connectivity index (χ2v) is 7.99. The number of hydrogen-bond acceptors (Lipinski definition) is 6. The largest absolute Gasteiger partial charge is 0.462 e. The van der Waals surface area contributed by atoms with Crippen molar-refractivity contribution in [1.29, 1.82) is 0 Å². The zero-order valence-corrected chi connectivity index (χ0v) is 18.8. The van der Waals surface area contributed by atoms with E-state index >= 15 is 0 Å². The predicted octanol–water partition coefficient (Wildman–Crippen LogP) is 3.03. The van der Waals surface area contributed by atoms with Crippen LogP contribution in [0.5, 0.6) is 0 Å². The van der Waals surface area contributed by atoms with Gasteiger partial charge >= 0.3 is 5.97 Å². The highest BCUT2D eigenvalue weighted by Crippen LogP contribution is 2.30. The lowest BCUT2D eigenvalue weighted by Gasteiger charge is -2.37. The Morgan fingerprint density at radius 1 is 1.10 bits per heavy atom. The average Bonchev–Trinajstić information content (AvgIpc) is 3.22. The van der Waals surface area contributed by atoms with Gasteiger partial charge in [0.25, 0.3) is 11.5 Å². The number of rotatable bonds is 4. The van der Waals surface area contributed by atoms with E-state index < -0.39 is 11.5 Å². The van der Waals surface area contributed by atoms with Crippen molar-refractivity contribution in [3.8, 4) is 0 Å². The minimum absolute atomic E-state index is 0.0257. The summed E-state index contributed by atoms with van der Waals surface area (Å²) in [5.41, 5.74) is 0.920. The van der Waals surface area contributed by atoms with Crippen LogP contribution in [0.4, 0.5) is 5.69 Å². The average molecular weight is 488 g/mol. The van der Waals surface area contributed by atoms with Gasteiger partial charge in [-0.3, -0.25) is 9.59 Å². The first-order valence-electron chi connectivity index (χ1n) is 10.0. The molecule has 9 heteroatoms. The molecule has 3 heterocycles. The van der Waals surface area contributed by atoms with Gasteiger partial charge in [-0.05, 0) is 41.1 Å². The molecule has 0 bridgehead atoms. The van der Waals surface area contributed by atoms with Crippen LogP contribution in [0.3, 0.4) is 0 Å². The van der Waals surface area contributed by atoms with E-state index in [1.54, 1.807) is 31.0 Å². The molecule has 1 saturated heterocycles. The number of carbonyl (C=O) groups is 2. The van der Waals surface area contributed by atoms with Crippen LogP contribution in [-0.2, 0) is 11.8 Å². The number of halogens is 1. The third kappa shape index (κ3) is 3.85. The first-order valence-corrected chi connectivity index (χ1v) is 10.8. The van der Waals surface area contributed by atoms with E-state index in [1.807, 2.05) is 29.2 Å². The molecule has 0 saturated carbocycles. The van der Waals surface area contributed by atoms with Gasteiger partial charge in [-0.2, -0.15) is 0 Å². The maximum atomic E-state index is 13.1. The van der Waals surface area contributed by atoms with Crippen molar-refractivity contribution in [2.45, 2.75) is 6.92 Å². The standard InChI is InChI=1S/C22H22BrN3O5/c1-3-30-22(29)18-19(14-6-4-5-7-15(14)24(2)21(18)28)25-10-12-26(13-11-25)20(27)16-8-9-17(23)31-16/h4-9H,3,10-13H2,1-2H3. The number of piperazine rings is 1. The highest BCUT2D eigenvalue weighted by Gasteiger charge is 2.30. The van der Waals surface area contributed by atoms with Crippen molar-refractivity contribution in [3.05, 3.63) is 62.7 Å². The van der Waals surface area contributed by atoms with E-state index in [0.717, 1.165) is 10.9 Å². The topological polar surface area (TPSA) is 85.0 Å². The molecule has 4 rings (SSSR count). The molecule has 0 N–H and O–H groups in total. The lowest BCUT2D eigenvalue weighted by molar-refractivity contribution is 0.0523. The molecule has 0 atom stereocenters. The maximum Gasteiger partial charge on any atom is 0.345 e. The van der Waals surface area contributed by atoms with Crippen molar-refractivity contribution in [2.24, 2.45) is 7.05 Å². The highest BCUT2D eigenvalue weighted by atomic mass is 79.9. The summed E-state index contributed by atoms with van der Waals surface area (Å²) in [6, 6.07) is 10.8. The van der Waals surface area contributed by atoms with Crippen molar-refractivity contribution < 1.29 is 18.7 Å². The molecular weight excluding hydrogens is 466 g/mol. The lowest BCUT2D eigenvalue weighted by Crippen LogP contribution is -2.49. The van der Waals surface area contributed by atoms with Gasteiger partial charge in [-0.25, -0.2) is 4.79 Å². The first kappa shape index (κ1) is 21.2. The molecule has 0 unspecified atom stereocenters. The Morgan fingerprint density at radius 2 is 1.81 bits per heavy atom. The Balaban J connectivity index is 1.70. The van der Waals surface area contributed by atoms with Gasteiger partial charge in [0.1, 0.15) is 5.56 Å². The molecule has 0 spiro atoms. The fourth-order valence-corrected chi connectivity index (χ4v) is 4.22. The maximum absolute atomic E-state index is 13.1. The summed E-state index contributed by atoms with van der Waals surface area (Å²) in [6.07, 6.45) is 0. The van der Waals surface area contributed by atoms with Crippen molar-refractivity contribution in [2.75, 3.05) is 37.7 Å². The third-order valence-electron chi connectivity index (χ3n) is 5.42. The quantitative estimate of drug-likeness (QED) is 0.525. The summed E-state index contributed by atoms with van der Waals surface area (Å²) in [5.74, 6) is -0.556. The number of amides is 1. The number of aryl methyl sites for hydroxylation is 1. The fourth-order valence-electron chi connectivity index (χ4n) is 3.91. The molecule has 162 valence electrons. The van der Waals surface area contributed by atoms with E-state index in [2.05, 4.69) is 15.9 Å². The summed E-state index contributed by atoms with van der Waals surface area (Å²) >= 11 is 3.21. The Labute approximate surface area is 187 Å². The summed E-state index contributed by atoms with van der Waals surface area (Å²) in [4.78, 5) is 42.2. The Bertz CT molecular complexity index is 1210. The van der Waals surface area contributed by atoms with Gasteiger partial charge in [-0.1, -0.05) is 18.2 Å². The summed E-state index contributed by atoms with van der Waals surface area (Å²) in [6.45, 7) is 3.69. The molecule has 1 aliphatic rings. The molecule has 8 nitrogen and oxygen atoms in total. The zero-order valence-electron chi connectivity index (χ0n) is 17.3. The smallest absolute Gasteiger partial charge is 0.345 e. The minimum Gasteiger partial charge on any atom is -0.462 e. The molecule has 31 heavy (non-hydrogen) atoms. The van der Waals surface area contributed by atoms with Crippen LogP contribution >= 0.6 is 15.9 Å². The van der Waals surface area contributed by atoms with Crippen molar-refractivity contribution in [1.82, 2.24) is 9.47 Å². The van der Waals surface area contributed by atoms with E-state index in [9.17, 15) is 14.4 Å². The van der Waals surface area contributed by atoms with E-state index in [4.69, 9.17) is 9.15 Å². The number of esters is 1. The van der Waals surface area contributed by atoms with Crippen LogP contribution in [0.1, 0.15) is 27.8 Å². The van der Waals surface area contributed by atoms with Gasteiger partial charge in [0.2, 0.25) is 0 Å².